The minimum atomic E-state index is -1.15. The standard InChI is InChI=1S/C31H33N3O6/c1-33(17-21-9-3-2-4-10-21)18-27(29(35)34-15-16-39-20-28(34)30(36)37)32-31(38)40-19-26-24-13-7-5-11-22(24)23-12-6-8-14-25(23)26/h2-14,26-28H,15-20H2,1H3,(H,32,38)(H,36,37). The molecule has 0 spiro atoms. The molecule has 9 heteroatoms. The van der Waals surface area contributed by atoms with Crippen molar-refractivity contribution < 1.29 is 29.0 Å². The molecule has 0 bridgehead atoms. The lowest BCUT2D eigenvalue weighted by Crippen LogP contribution is -2.60. The van der Waals surface area contributed by atoms with Gasteiger partial charge in [-0.2, -0.15) is 0 Å². The van der Waals surface area contributed by atoms with Gasteiger partial charge in [-0.1, -0.05) is 78.9 Å². The number of hydrogen-bond acceptors (Lipinski definition) is 6. The number of hydrogen-bond donors (Lipinski definition) is 2. The molecule has 1 heterocycles. The van der Waals surface area contributed by atoms with Crippen molar-refractivity contribution in [2.45, 2.75) is 24.5 Å². The summed E-state index contributed by atoms with van der Waals surface area (Å²) in [5.41, 5.74) is 5.46. The molecule has 2 atom stereocenters. The zero-order chi connectivity index (χ0) is 28.1. The van der Waals surface area contributed by atoms with E-state index in [9.17, 15) is 19.5 Å². The first kappa shape index (κ1) is 27.4. The molecule has 1 aliphatic carbocycles. The molecule has 1 fully saturated rings. The normalized spacial score (nSPS) is 17.1. The lowest BCUT2D eigenvalue weighted by molar-refractivity contribution is -0.159. The average Bonchev–Trinajstić information content (AvgIpc) is 3.29. The number of carbonyl (C=O) groups is 3. The minimum Gasteiger partial charge on any atom is -0.480 e. The van der Waals surface area contributed by atoms with Crippen LogP contribution in [-0.4, -0.2) is 84.9 Å². The molecule has 0 radical (unpaired) electrons. The molecule has 3 aromatic carbocycles. The summed E-state index contributed by atoms with van der Waals surface area (Å²) in [6, 6.07) is 23.8. The summed E-state index contributed by atoms with van der Waals surface area (Å²) in [4.78, 5) is 41.8. The number of rotatable bonds is 9. The second-order valence-electron chi connectivity index (χ2n) is 10.2. The van der Waals surface area contributed by atoms with Crippen LogP contribution in [0.2, 0.25) is 0 Å². The third-order valence-corrected chi connectivity index (χ3v) is 7.42. The van der Waals surface area contributed by atoms with Crippen molar-refractivity contribution in [3.05, 3.63) is 95.6 Å². The van der Waals surface area contributed by atoms with E-state index >= 15 is 0 Å². The summed E-state index contributed by atoms with van der Waals surface area (Å²) in [5, 5.41) is 12.4. The van der Waals surface area contributed by atoms with Gasteiger partial charge >= 0.3 is 12.1 Å². The topological polar surface area (TPSA) is 108 Å². The van der Waals surface area contributed by atoms with Gasteiger partial charge in [0.25, 0.3) is 0 Å². The second kappa shape index (κ2) is 12.3. The van der Waals surface area contributed by atoms with Crippen molar-refractivity contribution in [2.75, 3.05) is 40.0 Å². The lowest BCUT2D eigenvalue weighted by atomic mass is 9.98. The van der Waals surface area contributed by atoms with E-state index in [2.05, 4.69) is 17.4 Å². The maximum atomic E-state index is 13.6. The minimum absolute atomic E-state index is 0.0986. The molecule has 1 aliphatic heterocycles. The highest BCUT2D eigenvalue weighted by Crippen LogP contribution is 2.44. The van der Waals surface area contributed by atoms with Crippen molar-refractivity contribution in [3.8, 4) is 11.1 Å². The predicted molar refractivity (Wildman–Crippen MR) is 149 cm³/mol. The van der Waals surface area contributed by atoms with Gasteiger partial charge in [0, 0.05) is 25.6 Å². The Morgan fingerprint density at radius 3 is 2.27 bits per heavy atom. The number of carbonyl (C=O) groups excluding carboxylic acids is 2. The molecule has 9 nitrogen and oxygen atoms in total. The van der Waals surface area contributed by atoms with Crippen LogP contribution < -0.4 is 5.32 Å². The van der Waals surface area contributed by atoms with Crippen LogP contribution in [0.1, 0.15) is 22.6 Å². The molecule has 0 saturated carbocycles. The predicted octanol–water partition coefficient (Wildman–Crippen LogP) is 3.34. The van der Waals surface area contributed by atoms with Crippen LogP contribution in [0.25, 0.3) is 11.1 Å². The van der Waals surface area contributed by atoms with Gasteiger partial charge < -0.3 is 24.8 Å². The van der Waals surface area contributed by atoms with E-state index in [0.29, 0.717) is 6.54 Å². The number of benzene rings is 3. The van der Waals surface area contributed by atoms with Gasteiger partial charge in [-0.3, -0.25) is 9.69 Å². The molecule has 0 aromatic heterocycles. The number of fused-ring (bicyclic) bond motifs is 3. The van der Waals surface area contributed by atoms with Gasteiger partial charge in [0.15, 0.2) is 6.04 Å². The summed E-state index contributed by atoms with van der Waals surface area (Å²) in [6.45, 7) is 1.08. The fourth-order valence-electron chi connectivity index (χ4n) is 5.51. The van der Waals surface area contributed by atoms with E-state index in [-0.39, 0.29) is 38.8 Å². The Kier molecular flexibility index (Phi) is 8.42. The third-order valence-electron chi connectivity index (χ3n) is 7.42. The zero-order valence-corrected chi connectivity index (χ0v) is 22.4. The van der Waals surface area contributed by atoms with Crippen LogP contribution in [-0.2, 0) is 25.6 Å². The Morgan fingerprint density at radius 1 is 1.00 bits per heavy atom. The molecule has 2 aliphatic rings. The number of carboxylic acid groups (broad SMARTS) is 1. The Bertz CT molecular complexity index is 1320. The molecule has 5 rings (SSSR count). The van der Waals surface area contributed by atoms with Gasteiger partial charge in [0.05, 0.1) is 13.2 Å². The number of aliphatic carboxylic acids is 1. The Morgan fingerprint density at radius 2 is 1.62 bits per heavy atom. The Hall–Kier alpha value is -4.21. The molecule has 40 heavy (non-hydrogen) atoms. The van der Waals surface area contributed by atoms with Crippen LogP contribution in [0.15, 0.2) is 78.9 Å². The highest BCUT2D eigenvalue weighted by molar-refractivity contribution is 5.90. The van der Waals surface area contributed by atoms with Crippen LogP contribution >= 0.6 is 0 Å². The number of alkyl carbamates (subject to hydrolysis) is 1. The van der Waals surface area contributed by atoms with E-state index in [1.807, 2.05) is 78.7 Å². The first-order chi connectivity index (χ1) is 19.4. The number of likely N-dealkylation sites (N-methyl/N-ethyl adjacent to an activating group) is 1. The van der Waals surface area contributed by atoms with Gasteiger partial charge in [0.1, 0.15) is 12.6 Å². The van der Waals surface area contributed by atoms with Gasteiger partial charge in [0.2, 0.25) is 5.91 Å². The van der Waals surface area contributed by atoms with Crippen molar-refractivity contribution >= 4 is 18.0 Å². The number of carboxylic acids is 1. The van der Waals surface area contributed by atoms with Gasteiger partial charge in [-0.15, -0.1) is 0 Å². The molecule has 1 saturated heterocycles. The first-order valence-electron chi connectivity index (χ1n) is 13.4. The van der Waals surface area contributed by atoms with Crippen LogP contribution in [0.3, 0.4) is 0 Å². The SMILES string of the molecule is CN(Cc1ccccc1)CC(NC(=O)OCC1c2ccccc2-c2ccccc21)C(=O)N1CCOCC1C(=O)O. The van der Waals surface area contributed by atoms with E-state index in [1.165, 1.54) is 4.90 Å². The summed E-state index contributed by atoms with van der Waals surface area (Å²) in [7, 11) is 1.85. The summed E-state index contributed by atoms with van der Waals surface area (Å²) >= 11 is 0. The third kappa shape index (κ3) is 6.00. The molecule has 2 N–H and O–H groups in total. The quantitative estimate of drug-likeness (QED) is 0.426. The maximum Gasteiger partial charge on any atom is 0.407 e. The van der Waals surface area contributed by atoms with Crippen molar-refractivity contribution in [1.29, 1.82) is 0 Å². The largest absolute Gasteiger partial charge is 0.480 e. The number of amides is 2. The Balaban J connectivity index is 1.30. The number of nitrogens with one attached hydrogen (secondary N) is 1. The molecule has 208 valence electrons. The fourth-order valence-corrected chi connectivity index (χ4v) is 5.51. The van der Waals surface area contributed by atoms with Crippen molar-refractivity contribution in [3.63, 3.8) is 0 Å². The summed E-state index contributed by atoms with van der Waals surface area (Å²) in [5.74, 6) is -1.75. The van der Waals surface area contributed by atoms with Crippen LogP contribution in [0.5, 0.6) is 0 Å². The van der Waals surface area contributed by atoms with Crippen molar-refractivity contribution in [1.82, 2.24) is 15.1 Å². The lowest BCUT2D eigenvalue weighted by Gasteiger charge is -2.36. The number of morpholine rings is 1. The van der Waals surface area contributed by atoms with E-state index < -0.39 is 30.1 Å². The number of nitrogens with zero attached hydrogens (tertiary/aromatic N) is 2. The first-order valence-corrected chi connectivity index (χ1v) is 13.4. The van der Waals surface area contributed by atoms with Crippen LogP contribution in [0.4, 0.5) is 4.79 Å². The van der Waals surface area contributed by atoms with Gasteiger partial charge in [-0.05, 0) is 34.9 Å². The highest BCUT2D eigenvalue weighted by atomic mass is 16.5. The van der Waals surface area contributed by atoms with E-state index in [0.717, 1.165) is 27.8 Å². The molecular formula is C31H33N3O6. The van der Waals surface area contributed by atoms with Gasteiger partial charge in [-0.25, -0.2) is 9.59 Å². The Labute approximate surface area is 233 Å². The summed E-state index contributed by atoms with van der Waals surface area (Å²) < 4.78 is 11.0. The van der Waals surface area contributed by atoms with Crippen molar-refractivity contribution in [2.24, 2.45) is 0 Å². The maximum absolute atomic E-state index is 13.6. The van der Waals surface area contributed by atoms with E-state index in [1.54, 1.807) is 0 Å². The zero-order valence-electron chi connectivity index (χ0n) is 22.4. The van der Waals surface area contributed by atoms with Crippen LogP contribution in [0, 0.1) is 0 Å². The summed E-state index contributed by atoms with van der Waals surface area (Å²) in [6.07, 6.45) is -0.728. The molecular weight excluding hydrogens is 510 g/mol. The molecule has 2 amide bonds. The molecule has 3 aromatic rings. The monoisotopic (exact) mass is 543 g/mol. The second-order valence-corrected chi connectivity index (χ2v) is 10.2. The van der Waals surface area contributed by atoms with E-state index in [4.69, 9.17) is 9.47 Å². The highest BCUT2D eigenvalue weighted by Gasteiger charge is 2.37. The molecule has 2 unspecified atom stereocenters. The fraction of sp³-hybridized carbons (Fsp3) is 0.323. The number of ether oxygens (including phenoxy) is 2. The average molecular weight is 544 g/mol. The smallest absolute Gasteiger partial charge is 0.407 e.